The first kappa shape index (κ1) is 35.7. The number of aromatic nitrogens is 2. The molecule has 2 heteroatoms. The second kappa shape index (κ2) is 14.8. The van der Waals surface area contributed by atoms with Gasteiger partial charge in [-0.1, -0.05) is 176 Å². The van der Waals surface area contributed by atoms with E-state index in [2.05, 4.69) is 252 Å². The van der Waals surface area contributed by atoms with Crippen LogP contribution in [0.25, 0.3) is 111 Å². The topological polar surface area (TPSA) is 9.86 Å². The van der Waals surface area contributed by atoms with Crippen molar-refractivity contribution < 1.29 is 0 Å². The van der Waals surface area contributed by atoms with Gasteiger partial charge >= 0.3 is 0 Å². The molecule has 0 bridgehead atoms. The van der Waals surface area contributed by atoms with Crippen molar-refractivity contribution in [2.24, 2.45) is 0 Å². The Morgan fingerprint density at radius 3 is 0.887 bits per heavy atom. The van der Waals surface area contributed by atoms with Crippen molar-refractivity contribution in [2.75, 3.05) is 0 Å². The fourth-order valence-electron chi connectivity index (χ4n) is 9.53. The Morgan fingerprint density at radius 2 is 0.516 bits per heavy atom. The molecule has 0 saturated carbocycles. The van der Waals surface area contributed by atoms with Gasteiger partial charge < -0.3 is 9.13 Å². The molecule has 0 spiro atoms. The maximum Gasteiger partial charge on any atom is 0.0541 e. The minimum Gasteiger partial charge on any atom is -0.309 e. The number of rotatable bonds is 7. The summed E-state index contributed by atoms with van der Waals surface area (Å²) in [4.78, 5) is 0. The lowest BCUT2D eigenvalue weighted by Gasteiger charge is -2.15. The standard InChI is InChI=1S/C60H40N2/c1-5-15-41(16-6-1)46-27-33-57-52(37-46)53-38-47(42-17-7-2-8-18-42)28-34-58(53)61(57)50-31-25-45(26-32-50)51-23-13-14-24-56(51)62-59-35-29-48(43-19-9-3-10-20-43)39-54(59)55-40-49(30-36-60(55)62)44-21-11-4-12-22-44/h1-40H. The number of nitrogens with zero attached hydrogens (tertiary/aromatic N) is 2. The van der Waals surface area contributed by atoms with Gasteiger partial charge in [0.1, 0.15) is 0 Å². The van der Waals surface area contributed by atoms with E-state index in [-0.39, 0.29) is 0 Å². The molecule has 12 aromatic rings. The van der Waals surface area contributed by atoms with Crippen LogP contribution in [-0.2, 0) is 0 Å². The van der Waals surface area contributed by atoms with Gasteiger partial charge in [-0.25, -0.2) is 0 Å². The number of hydrogen-bond donors (Lipinski definition) is 0. The molecule has 2 heterocycles. The van der Waals surface area contributed by atoms with Crippen LogP contribution in [0.2, 0.25) is 0 Å². The molecule has 0 aliphatic carbocycles. The second-order valence-corrected chi connectivity index (χ2v) is 16.1. The van der Waals surface area contributed by atoms with Crippen molar-refractivity contribution in [2.45, 2.75) is 0 Å². The van der Waals surface area contributed by atoms with Crippen LogP contribution in [-0.4, -0.2) is 9.13 Å². The second-order valence-electron chi connectivity index (χ2n) is 16.1. The predicted molar refractivity (Wildman–Crippen MR) is 262 cm³/mol. The molecule has 0 unspecified atom stereocenters. The van der Waals surface area contributed by atoms with E-state index in [0.29, 0.717) is 0 Å². The zero-order chi connectivity index (χ0) is 41.0. The van der Waals surface area contributed by atoms with E-state index >= 15 is 0 Å². The van der Waals surface area contributed by atoms with Gasteiger partial charge in [-0.15, -0.1) is 0 Å². The summed E-state index contributed by atoms with van der Waals surface area (Å²) >= 11 is 0. The van der Waals surface area contributed by atoms with Gasteiger partial charge in [0, 0.05) is 32.8 Å². The molecular weight excluding hydrogens is 749 g/mol. The lowest BCUT2D eigenvalue weighted by Crippen LogP contribution is -1.98. The summed E-state index contributed by atoms with van der Waals surface area (Å²) in [7, 11) is 0. The summed E-state index contributed by atoms with van der Waals surface area (Å²) in [5.41, 5.74) is 19.1. The van der Waals surface area contributed by atoms with E-state index in [1.807, 2.05) is 0 Å². The van der Waals surface area contributed by atoms with Crippen LogP contribution in [0.4, 0.5) is 0 Å². The third-order valence-electron chi connectivity index (χ3n) is 12.5. The summed E-state index contributed by atoms with van der Waals surface area (Å²) in [6, 6.07) is 88.4. The maximum absolute atomic E-state index is 2.46. The molecule has 0 aliphatic rings. The first-order valence-corrected chi connectivity index (χ1v) is 21.3. The number of hydrogen-bond acceptors (Lipinski definition) is 0. The highest BCUT2D eigenvalue weighted by atomic mass is 15.0. The smallest absolute Gasteiger partial charge is 0.0541 e. The van der Waals surface area contributed by atoms with Crippen LogP contribution in [0.15, 0.2) is 243 Å². The number of para-hydroxylation sites is 1. The Bertz CT molecular complexity index is 3390. The summed E-state index contributed by atoms with van der Waals surface area (Å²) in [5, 5.41) is 4.96. The molecule has 2 nitrogen and oxygen atoms in total. The van der Waals surface area contributed by atoms with E-state index in [9.17, 15) is 0 Å². The van der Waals surface area contributed by atoms with Crippen LogP contribution in [0, 0.1) is 0 Å². The van der Waals surface area contributed by atoms with Crippen LogP contribution in [0.3, 0.4) is 0 Å². The molecule has 2 aromatic heterocycles. The molecule has 62 heavy (non-hydrogen) atoms. The fraction of sp³-hybridized carbons (Fsp3) is 0. The monoisotopic (exact) mass is 788 g/mol. The highest BCUT2D eigenvalue weighted by molar-refractivity contribution is 6.13. The molecular formula is C60H40N2. The molecule has 0 radical (unpaired) electrons. The van der Waals surface area contributed by atoms with Gasteiger partial charge in [0.05, 0.1) is 27.8 Å². The summed E-state index contributed by atoms with van der Waals surface area (Å²) in [6.45, 7) is 0. The Morgan fingerprint density at radius 1 is 0.210 bits per heavy atom. The summed E-state index contributed by atoms with van der Waals surface area (Å²) < 4.78 is 4.88. The van der Waals surface area contributed by atoms with Crippen molar-refractivity contribution in [3.63, 3.8) is 0 Å². The van der Waals surface area contributed by atoms with Crippen molar-refractivity contribution in [3.8, 4) is 67.0 Å². The Labute approximate surface area is 360 Å². The van der Waals surface area contributed by atoms with E-state index in [1.165, 1.54) is 99.2 Å². The minimum absolute atomic E-state index is 1.13. The zero-order valence-corrected chi connectivity index (χ0v) is 34.0. The molecule has 0 aliphatic heterocycles. The molecule has 10 aromatic carbocycles. The lowest BCUT2D eigenvalue weighted by molar-refractivity contribution is 1.17. The largest absolute Gasteiger partial charge is 0.309 e. The SMILES string of the molecule is c1ccc(-c2ccc3c(c2)c2cc(-c4ccccc4)ccc2n3-c2ccc(-c3ccccc3-n3c4ccc(-c5ccccc5)cc4c4cc(-c5ccccc5)ccc43)cc2)cc1. The first-order valence-electron chi connectivity index (χ1n) is 21.3. The average molecular weight is 789 g/mol. The van der Waals surface area contributed by atoms with Crippen LogP contribution >= 0.6 is 0 Å². The van der Waals surface area contributed by atoms with Gasteiger partial charge in [-0.2, -0.15) is 0 Å². The van der Waals surface area contributed by atoms with Crippen LogP contribution in [0.1, 0.15) is 0 Å². The Kier molecular flexibility index (Phi) is 8.53. The highest BCUT2D eigenvalue weighted by Crippen LogP contribution is 2.41. The third-order valence-corrected chi connectivity index (χ3v) is 12.5. The molecule has 12 rings (SSSR count). The van der Waals surface area contributed by atoms with Gasteiger partial charge in [0.15, 0.2) is 0 Å². The zero-order valence-electron chi connectivity index (χ0n) is 34.0. The number of fused-ring (bicyclic) bond motifs is 6. The lowest BCUT2D eigenvalue weighted by atomic mass is 10.0. The highest BCUT2D eigenvalue weighted by Gasteiger charge is 2.19. The molecule has 0 N–H and O–H groups in total. The van der Waals surface area contributed by atoms with Crippen molar-refractivity contribution in [1.82, 2.24) is 9.13 Å². The number of benzene rings is 10. The molecule has 0 atom stereocenters. The molecule has 290 valence electrons. The van der Waals surface area contributed by atoms with Gasteiger partial charge in [-0.05, 0) is 117 Å². The normalized spacial score (nSPS) is 11.5. The average Bonchev–Trinajstić information content (AvgIpc) is 3.86. The van der Waals surface area contributed by atoms with Gasteiger partial charge in [-0.3, -0.25) is 0 Å². The van der Waals surface area contributed by atoms with E-state index in [1.54, 1.807) is 0 Å². The molecule has 0 amide bonds. The van der Waals surface area contributed by atoms with Crippen LogP contribution < -0.4 is 0 Å². The maximum atomic E-state index is 2.46. The van der Waals surface area contributed by atoms with Crippen molar-refractivity contribution in [1.29, 1.82) is 0 Å². The summed E-state index contributed by atoms with van der Waals surface area (Å²) in [5.74, 6) is 0. The predicted octanol–water partition coefficient (Wildman–Crippen LogP) is 16.2. The molecule has 0 saturated heterocycles. The first-order chi connectivity index (χ1) is 30.7. The van der Waals surface area contributed by atoms with E-state index < -0.39 is 0 Å². The van der Waals surface area contributed by atoms with E-state index in [0.717, 1.165) is 11.4 Å². The third kappa shape index (κ3) is 6.04. The Balaban J connectivity index is 1.01. The molecule has 0 fully saturated rings. The fourth-order valence-corrected chi connectivity index (χ4v) is 9.53. The van der Waals surface area contributed by atoms with Gasteiger partial charge in [0.2, 0.25) is 0 Å². The van der Waals surface area contributed by atoms with Crippen molar-refractivity contribution in [3.05, 3.63) is 243 Å². The summed E-state index contributed by atoms with van der Waals surface area (Å²) in [6.07, 6.45) is 0. The quantitative estimate of drug-likeness (QED) is 0.152. The Hall–Kier alpha value is -8.20. The van der Waals surface area contributed by atoms with Gasteiger partial charge in [0.25, 0.3) is 0 Å². The van der Waals surface area contributed by atoms with Crippen molar-refractivity contribution >= 4 is 43.6 Å². The van der Waals surface area contributed by atoms with E-state index in [4.69, 9.17) is 0 Å². The minimum atomic E-state index is 1.13. The van der Waals surface area contributed by atoms with Crippen LogP contribution in [0.5, 0.6) is 0 Å².